The van der Waals surface area contributed by atoms with Crippen LogP contribution in [0.25, 0.3) is 0 Å². The summed E-state index contributed by atoms with van der Waals surface area (Å²) in [5.74, 6) is 0.0373. The van der Waals surface area contributed by atoms with Gasteiger partial charge in [0.05, 0.1) is 0 Å². The summed E-state index contributed by atoms with van der Waals surface area (Å²) in [5.41, 5.74) is 7.74. The van der Waals surface area contributed by atoms with Crippen LogP contribution in [0.1, 0.15) is 45.2 Å². The van der Waals surface area contributed by atoms with Crippen LogP contribution in [0, 0.1) is 10.8 Å². The zero-order valence-corrected chi connectivity index (χ0v) is 11.9. The molecule has 1 fully saturated rings. The van der Waals surface area contributed by atoms with Crippen molar-refractivity contribution in [2.75, 3.05) is 18.0 Å². The van der Waals surface area contributed by atoms with Crippen molar-refractivity contribution in [2.24, 2.45) is 11.1 Å². The smallest absolute Gasteiger partial charge is 0.141 e. The van der Waals surface area contributed by atoms with Gasteiger partial charge in [0.1, 0.15) is 11.5 Å². The fourth-order valence-electron chi connectivity index (χ4n) is 2.96. The molecule has 1 aromatic rings. The minimum Gasteiger partial charge on any atom is -0.382 e. The Kier molecular flexibility index (Phi) is 4.08. The van der Waals surface area contributed by atoms with Crippen LogP contribution >= 0.6 is 0 Å². The number of anilines is 1. The Morgan fingerprint density at radius 2 is 2.00 bits per heavy atom. The third-order valence-electron chi connectivity index (χ3n) is 4.71. The van der Waals surface area contributed by atoms with Gasteiger partial charge in [-0.25, -0.2) is 0 Å². The van der Waals surface area contributed by atoms with E-state index in [1.165, 1.54) is 25.7 Å². The highest BCUT2D eigenvalue weighted by molar-refractivity contribution is 5.93. The molecule has 104 valence electrons. The molecular formula is C15H24N4. The van der Waals surface area contributed by atoms with E-state index in [-0.39, 0.29) is 5.84 Å². The molecule has 1 aliphatic heterocycles. The van der Waals surface area contributed by atoms with E-state index in [2.05, 4.69) is 23.7 Å². The highest BCUT2D eigenvalue weighted by atomic mass is 15.1. The molecule has 0 bridgehead atoms. The van der Waals surface area contributed by atoms with Crippen LogP contribution in [0.2, 0.25) is 0 Å². The van der Waals surface area contributed by atoms with Gasteiger partial charge < -0.3 is 10.6 Å². The third-order valence-corrected chi connectivity index (χ3v) is 4.71. The average molecular weight is 260 g/mol. The first-order valence-electron chi connectivity index (χ1n) is 7.15. The van der Waals surface area contributed by atoms with Crippen LogP contribution in [0.15, 0.2) is 18.3 Å². The Morgan fingerprint density at radius 3 is 2.53 bits per heavy atom. The van der Waals surface area contributed by atoms with E-state index >= 15 is 0 Å². The second-order valence-corrected chi connectivity index (χ2v) is 5.51. The number of hydrogen-bond donors (Lipinski definition) is 2. The van der Waals surface area contributed by atoms with Crippen LogP contribution in [0.4, 0.5) is 5.69 Å². The number of hydrogen-bond acceptors (Lipinski definition) is 3. The third kappa shape index (κ3) is 2.88. The van der Waals surface area contributed by atoms with Crippen molar-refractivity contribution in [3.63, 3.8) is 0 Å². The predicted octanol–water partition coefficient (Wildman–Crippen LogP) is 2.77. The molecule has 19 heavy (non-hydrogen) atoms. The molecule has 0 spiro atoms. The monoisotopic (exact) mass is 260 g/mol. The zero-order chi connectivity index (χ0) is 13.9. The highest BCUT2D eigenvalue weighted by Crippen LogP contribution is 2.39. The number of nitrogens with zero attached hydrogens (tertiary/aromatic N) is 2. The van der Waals surface area contributed by atoms with Gasteiger partial charge in [-0.1, -0.05) is 26.7 Å². The quantitative estimate of drug-likeness (QED) is 0.646. The second kappa shape index (κ2) is 5.59. The van der Waals surface area contributed by atoms with Crippen LogP contribution in [-0.4, -0.2) is 23.9 Å². The fraction of sp³-hybridized carbons (Fsp3) is 0.600. The molecule has 0 unspecified atom stereocenters. The summed E-state index contributed by atoms with van der Waals surface area (Å²) in [7, 11) is 0. The van der Waals surface area contributed by atoms with Crippen molar-refractivity contribution in [1.82, 2.24) is 4.98 Å². The number of nitrogens with one attached hydrogen (secondary N) is 1. The first-order valence-corrected chi connectivity index (χ1v) is 7.15. The highest BCUT2D eigenvalue weighted by Gasteiger charge is 2.31. The molecule has 2 rings (SSSR count). The molecule has 0 atom stereocenters. The number of rotatable bonds is 4. The molecule has 4 heteroatoms. The lowest BCUT2D eigenvalue weighted by atomic mass is 9.74. The zero-order valence-electron chi connectivity index (χ0n) is 11.9. The van der Waals surface area contributed by atoms with Crippen LogP contribution in [0.5, 0.6) is 0 Å². The Balaban J connectivity index is 2.09. The molecule has 0 saturated carbocycles. The molecule has 1 saturated heterocycles. The minimum atomic E-state index is 0.0373. The number of nitrogen functional groups attached to an aromatic ring is 1. The molecule has 1 aromatic heterocycles. The Bertz CT molecular complexity index is 441. The van der Waals surface area contributed by atoms with Crippen molar-refractivity contribution in [1.29, 1.82) is 5.41 Å². The molecule has 0 aromatic carbocycles. The maximum atomic E-state index is 7.47. The number of amidine groups is 1. The first-order chi connectivity index (χ1) is 9.10. The lowest BCUT2D eigenvalue weighted by molar-refractivity contribution is 0.199. The second-order valence-electron chi connectivity index (χ2n) is 5.51. The Labute approximate surface area is 115 Å². The van der Waals surface area contributed by atoms with Crippen LogP contribution in [-0.2, 0) is 0 Å². The molecule has 2 heterocycles. The van der Waals surface area contributed by atoms with Crippen LogP contribution < -0.4 is 10.6 Å². The molecule has 0 aliphatic carbocycles. The van der Waals surface area contributed by atoms with E-state index in [0.717, 1.165) is 18.8 Å². The molecule has 3 N–H and O–H groups in total. The predicted molar refractivity (Wildman–Crippen MR) is 79.7 cm³/mol. The van der Waals surface area contributed by atoms with E-state index in [9.17, 15) is 0 Å². The van der Waals surface area contributed by atoms with Gasteiger partial charge in [-0.15, -0.1) is 0 Å². The molecular weight excluding hydrogens is 236 g/mol. The summed E-state index contributed by atoms with van der Waals surface area (Å²) in [6, 6.07) is 3.94. The number of aromatic nitrogens is 1. The lowest BCUT2D eigenvalue weighted by Crippen LogP contribution is -2.39. The van der Waals surface area contributed by atoms with Gasteiger partial charge in [0.15, 0.2) is 0 Å². The number of nitrogens with two attached hydrogens (primary N) is 1. The maximum absolute atomic E-state index is 7.47. The Hall–Kier alpha value is -1.58. The standard InChI is InChI=1S/C15H24N4/c1-3-15(4-2)6-9-19(10-7-15)12-5-8-18-13(11-12)14(16)17/h5,8,11H,3-4,6-7,9-10H2,1-2H3,(H3,16,17). The van der Waals surface area contributed by atoms with E-state index in [0.29, 0.717) is 11.1 Å². The SMILES string of the molecule is CCC1(CC)CCN(c2ccnc(C(=N)N)c2)CC1. The summed E-state index contributed by atoms with van der Waals surface area (Å²) in [5, 5.41) is 7.47. The summed E-state index contributed by atoms with van der Waals surface area (Å²) >= 11 is 0. The van der Waals surface area contributed by atoms with Gasteiger partial charge in [0.2, 0.25) is 0 Å². The molecule has 0 amide bonds. The van der Waals surface area contributed by atoms with Crippen LogP contribution in [0.3, 0.4) is 0 Å². The maximum Gasteiger partial charge on any atom is 0.141 e. The van der Waals surface area contributed by atoms with Gasteiger partial charge in [0.25, 0.3) is 0 Å². The average Bonchev–Trinajstić information content (AvgIpc) is 2.47. The summed E-state index contributed by atoms with van der Waals surface area (Å²) in [6.45, 7) is 6.78. The summed E-state index contributed by atoms with van der Waals surface area (Å²) < 4.78 is 0. The van der Waals surface area contributed by atoms with Crippen molar-refractivity contribution in [2.45, 2.75) is 39.5 Å². The van der Waals surface area contributed by atoms with E-state index in [1.54, 1.807) is 6.20 Å². The van der Waals surface area contributed by atoms with E-state index in [1.807, 2.05) is 12.1 Å². The molecule has 0 radical (unpaired) electrons. The van der Waals surface area contributed by atoms with Gasteiger partial charge in [-0.3, -0.25) is 10.4 Å². The van der Waals surface area contributed by atoms with Crippen molar-refractivity contribution >= 4 is 11.5 Å². The van der Waals surface area contributed by atoms with E-state index in [4.69, 9.17) is 11.1 Å². The minimum absolute atomic E-state index is 0.0373. The summed E-state index contributed by atoms with van der Waals surface area (Å²) in [6.07, 6.45) is 6.78. The summed E-state index contributed by atoms with van der Waals surface area (Å²) in [4.78, 5) is 6.51. The van der Waals surface area contributed by atoms with Crippen molar-refractivity contribution in [3.8, 4) is 0 Å². The topological polar surface area (TPSA) is 66.0 Å². The van der Waals surface area contributed by atoms with Crippen molar-refractivity contribution in [3.05, 3.63) is 24.0 Å². The van der Waals surface area contributed by atoms with Gasteiger partial charge >= 0.3 is 0 Å². The lowest BCUT2D eigenvalue weighted by Gasteiger charge is -2.42. The van der Waals surface area contributed by atoms with Gasteiger partial charge in [-0.05, 0) is 30.4 Å². The number of pyridine rings is 1. The number of piperidine rings is 1. The fourth-order valence-corrected chi connectivity index (χ4v) is 2.96. The van der Waals surface area contributed by atoms with Gasteiger partial charge in [0, 0.05) is 25.0 Å². The first kappa shape index (κ1) is 13.8. The van der Waals surface area contributed by atoms with Crippen molar-refractivity contribution < 1.29 is 0 Å². The van der Waals surface area contributed by atoms with E-state index < -0.39 is 0 Å². The molecule has 1 aliphatic rings. The molecule has 4 nitrogen and oxygen atoms in total. The van der Waals surface area contributed by atoms with Gasteiger partial charge in [-0.2, -0.15) is 0 Å². The normalized spacial score (nSPS) is 18.3. The Morgan fingerprint density at radius 1 is 1.37 bits per heavy atom. The largest absolute Gasteiger partial charge is 0.382 e.